The predicted molar refractivity (Wildman–Crippen MR) is 984 cm³/mol. The second kappa shape index (κ2) is 93.2. The summed E-state index contributed by atoms with van der Waals surface area (Å²) in [7, 11) is 229. The Balaban J connectivity index is 15.4. The fourth-order valence-electron chi connectivity index (χ4n) is 7.25. The average molecular weight is 3780 g/mol. The van der Waals surface area contributed by atoms with Gasteiger partial charge in [0.15, 0.2) is 0 Å². The lowest BCUT2D eigenvalue weighted by atomic mass is 28.4. The van der Waals surface area contributed by atoms with Crippen LogP contribution >= 0.6 is 941 Å². The van der Waals surface area contributed by atoms with E-state index in [1.165, 1.54) is 0 Å². The first-order valence-corrected chi connectivity index (χ1v) is 242. The molecule has 65 atom stereocenters. The third-order valence-electron chi connectivity index (χ3n) is 10.5. The second-order valence-electron chi connectivity index (χ2n) is 18.8. The van der Waals surface area contributed by atoms with Gasteiger partial charge in [-0.3, -0.25) is 0 Å². The summed E-state index contributed by atoms with van der Waals surface area (Å²) < 4.78 is 0. The van der Waals surface area contributed by atoms with Crippen LogP contribution in [0.25, 0.3) is 0 Å². The van der Waals surface area contributed by atoms with E-state index in [1.54, 1.807) is 0 Å². The van der Waals surface area contributed by atoms with Crippen molar-refractivity contribution in [3.05, 3.63) is 0 Å². The summed E-state index contributed by atoms with van der Waals surface area (Å²) in [5, 5.41) is 0. The van der Waals surface area contributed by atoms with E-state index in [0.717, 1.165) is 15.9 Å². The first-order valence-electron chi connectivity index (χ1n) is 26.9. The van der Waals surface area contributed by atoms with E-state index < -0.39 is 391 Å². The van der Waals surface area contributed by atoms with Crippen LogP contribution in [0.15, 0.2) is 0 Å². The van der Waals surface area contributed by atoms with E-state index in [2.05, 4.69) is 527 Å². The lowest BCUT2D eigenvalue weighted by Crippen LogP contribution is -1.74. The molecule has 0 aromatic rings. The van der Waals surface area contributed by atoms with Crippen molar-refractivity contribution >= 4 is 941 Å². The van der Waals surface area contributed by atoms with Crippen molar-refractivity contribution in [2.75, 3.05) is 0 Å². The number of rotatable bonds is 58. The molecule has 0 aliphatic rings. The summed E-state index contributed by atoms with van der Waals surface area (Å²) in [5.74, 6) is 0. The molecule has 0 aromatic heterocycles. The predicted octanol–water partition coefficient (Wildman–Crippen LogP) is 69.5. The molecule has 0 bridgehead atoms. The van der Waals surface area contributed by atoms with Gasteiger partial charge in [0, 0.05) is 0 Å². The molecule has 0 rings (SSSR count). The molecule has 0 aromatic carbocycles. The molecule has 0 nitrogen and oxygen atoms in total. The SMILES string of the molecule is PPP(P(P)P)P(P(P(P)P)P(P)P)P(P(PP(P(P(P(P(P)P)P(P)P)P(P(P)P)P(P)P)P(P(P(P)P)P(P)P)P(P(P)P)P(P)P)P(P(P(P(P)P)P(P)P)P(P(P)P)P(P)P)P(P(P(P)P)P(P)P)P(P(P)P)P(P)P)P(P(P(P(P)P)P(P)P)P(P(P)P)P(P)P)P(P(P(P)P)P(P)P)P(P(P)P)P(P)P)P(P(P)P)P(P)P. The molecule has 65 unspecified atom stereocenters. The van der Waals surface area contributed by atoms with Gasteiger partial charge < -0.3 is 0 Å². The van der Waals surface area contributed by atoms with Crippen LogP contribution in [0.4, 0.5) is 0 Å². The Bertz CT molecular complexity index is 2060. The maximum absolute atomic E-state index is 3.92. The quantitative estimate of drug-likeness (QED) is 0.0533. The summed E-state index contributed by atoms with van der Waals surface area (Å²) >= 11 is 0. The fraction of sp³-hybridized carbons (Fsp3) is 0. The Morgan fingerprint density at radius 3 is 0.237 bits per heavy atom. The lowest BCUT2D eigenvalue weighted by Gasteiger charge is -2.62. The molecule has 0 fully saturated rings. The first-order chi connectivity index (χ1) is 53.8. The van der Waals surface area contributed by atoms with Gasteiger partial charge in [0.05, 0.1) is 0 Å². The zero-order valence-corrected chi connectivity index (χ0v) is 182. The van der Waals surface area contributed by atoms with Crippen LogP contribution in [-0.4, -0.2) is 0 Å². The van der Waals surface area contributed by atoms with Crippen molar-refractivity contribution in [3.63, 3.8) is 0 Å². The van der Waals surface area contributed by atoms with Gasteiger partial charge in [-0.25, -0.2) is 0 Å². The monoisotopic (exact) mass is 3780 g/mol. The summed E-state index contributed by atoms with van der Waals surface area (Å²) in [4.78, 5) is 0. The normalized spacial score (nSPS) is 15.9. The van der Waals surface area contributed by atoms with Crippen molar-refractivity contribution < 1.29 is 0 Å². The Labute approximate surface area is 925 Å². The van der Waals surface area contributed by atoms with E-state index in [1.807, 2.05) is 0 Å². The van der Waals surface area contributed by atoms with Crippen molar-refractivity contribution in [1.82, 2.24) is 0 Å². The highest BCUT2D eigenvalue weighted by molar-refractivity contribution is 9.59. The number of hydrogen-bond acceptors (Lipinski definition) is 0. The van der Waals surface area contributed by atoms with Crippen LogP contribution < -0.4 is 0 Å². The van der Waals surface area contributed by atoms with Crippen molar-refractivity contribution in [2.24, 2.45) is 0 Å². The zero-order valence-electron chi connectivity index (χ0n) is 60.6. The van der Waals surface area contributed by atoms with E-state index in [0.29, 0.717) is 0 Å². The molecular weight excluding hydrogens is 3650 g/mol. The van der Waals surface area contributed by atoms with Crippen molar-refractivity contribution in [1.29, 1.82) is 0 Å². The molecule has 0 saturated carbocycles. The highest BCUT2D eigenvalue weighted by Crippen LogP contribution is 3.53. The molecule has 0 spiro atoms. The standard InChI is InChI=1S/H120P118/c1-60-91(62(2)3)108(94(63(4)5)64(6)7)109(95(65(8)9)66(10)11)92(110(113(96(67(12)13)68(14)15)97(69(16)17)70(18)19)114(98(71(20)21)72(22)23)99(73(24)25)74(26)27)61-93(111(115(100(75(28)29)76(30)31)101(77(32)33)78(34)35)116(102(79(36)37)80(38)39)103(81(40)41)82(42)43)112(117(104(83(44)45)84(46)47)105(85(48)49)86(50)51)118(106(87(52)53)88(54)55)107(89(56)57)90(58)59/h60-61H,1-59H2. The highest BCUT2D eigenvalue weighted by atomic mass is 33.6. The zero-order chi connectivity index (χ0) is 93.3. The third-order valence-corrected chi connectivity index (χ3v) is 851. The van der Waals surface area contributed by atoms with Crippen LogP contribution in [0.1, 0.15) is 0 Å². The van der Waals surface area contributed by atoms with Crippen molar-refractivity contribution in [3.8, 4) is 0 Å². The maximum Gasteiger partial charge on any atom is -0.000359 e. The van der Waals surface area contributed by atoms with Gasteiger partial charge in [-0.05, 0) is 406 Å². The van der Waals surface area contributed by atoms with Gasteiger partial charge in [0.2, 0.25) is 0 Å². The summed E-state index contributed by atoms with van der Waals surface area (Å²) in [6.07, 6.45) is 0. The molecular formula is H120P118. The Hall–Kier alpha value is 50.7. The Morgan fingerprint density at radius 2 is 0.161 bits per heavy atom. The second-order valence-corrected chi connectivity index (χ2v) is 508. The minimum Gasteiger partial charge on any atom is -0.109 e. The molecule has 710 valence electrons. The fourth-order valence-corrected chi connectivity index (χ4v) is 1760. The van der Waals surface area contributed by atoms with Gasteiger partial charge in [-0.1, -0.05) is 7.96 Å². The van der Waals surface area contributed by atoms with E-state index in [-0.39, 0.29) is 6.99 Å². The molecule has 0 heterocycles. The summed E-state index contributed by atoms with van der Waals surface area (Å²) in [5.41, 5.74) is 0. The van der Waals surface area contributed by atoms with Crippen LogP contribution in [0.3, 0.4) is 0 Å². The van der Waals surface area contributed by atoms with Gasteiger partial charge in [-0.2, -0.15) is 0 Å². The summed E-state index contributed by atoms with van der Waals surface area (Å²) in [6, 6.07) is 0. The van der Waals surface area contributed by atoms with E-state index in [4.69, 9.17) is 0 Å². The Kier molecular flexibility index (Phi) is 133. The minimum atomic E-state index is -0.686. The van der Waals surface area contributed by atoms with Crippen LogP contribution in [0.5, 0.6) is 0 Å². The van der Waals surface area contributed by atoms with Crippen LogP contribution in [0.2, 0.25) is 0 Å². The maximum atomic E-state index is 3.92. The third kappa shape index (κ3) is 59.8. The number of hydrogen-bond donors (Lipinski definition) is 0. The first kappa shape index (κ1) is 169. The minimum absolute atomic E-state index is 0.360. The smallest absolute Gasteiger partial charge is 0.000359 e. The average Bonchev–Trinajstić information content (AvgIpc) is 0.720. The molecule has 0 radical (unpaired) electrons. The highest BCUT2D eigenvalue weighted by Gasteiger charge is 2.66. The topological polar surface area (TPSA) is 0 Å². The molecule has 118 heteroatoms. The molecule has 0 aliphatic heterocycles. The molecule has 0 aliphatic carbocycles. The van der Waals surface area contributed by atoms with Gasteiger partial charge in [-0.15, -0.1) is 527 Å². The Morgan fingerprint density at radius 1 is 0.0847 bits per heavy atom. The molecule has 0 amide bonds. The van der Waals surface area contributed by atoms with Gasteiger partial charge in [0.1, 0.15) is 0 Å². The van der Waals surface area contributed by atoms with E-state index in [9.17, 15) is 0 Å². The van der Waals surface area contributed by atoms with Gasteiger partial charge >= 0.3 is 0 Å². The van der Waals surface area contributed by atoms with E-state index >= 15 is 0 Å². The van der Waals surface area contributed by atoms with Crippen LogP contribution in [-0.2, 0) is 0 Å². The lowest BCUT2D eigenvalue weighted by molar-refractivity contribution is 4.31. The largest absolute Gasteiger partial charge is 0.109 e. The summed E-state index contributed by atoms with van der Waals surface area (Å²) in [6.45, 7) is -27.1. The molecule has 118 heavy (non-hydrogen) atoms. The molecule has 0 N–H and O–H groups in total. The van der Waals surface area contributed by atoms with Crippen molar-refractivity contribution in [2.45, 2.75) is 0 Å². The molecule has 0 saturated heterocycles. The van der Waals surface area contributed by atoms with Crippen LogP contribution in [0, 0.1) is 0 Å². The van der Waals surface area contributed by atoms with Gasteiger partial charge in [0.25, 0.3) is 0 Å².